The van der Waals surface area contributed by atoms with Crippen molar-refractivity contribution in [2.75, 3.05) is 12.4 Å². The van der Waals surface area contributed by atoms with E-state index in [1.165, 1.54) is 31.1 Å². The summed E-state index contributed by atoms with van der Waals surface area (Å²) in [6.45, 7) is 0. The Morgan fingerprint density at radius 3 is 2.62 bits per heavy atom. The summed E-state index contributed by atoms with van der Waals surface area (Å²) in [7, 11) is 1.22. The van der Waals surface area contributed by atoms with E-state index in [4.69, 9.17) is 4.74 Å². The molecule has 0 bridgehead atoms. The van der Waals surface area contributed by atoms with Gasteiger partial charge in [0.05, 0.1) is 18.0 Å². The second kappa shape index (κ2) is 8.23. The Balaban J connectivity index is 1.52. The van der Waals surface area contributed by atoms with Gasteiger partial charge in [0.15, 0.2) is 11.6 Å². The summed E-state index contributed by atoms with van der Waals surface area (Å²) in [5, 5.41) is 12.1. The molecular weight excluding hydrogens is 438 g/mol. The van der Waals surface area contributed by atoms with Crippen LogP contribution >= 0.6 is 11.3 Å². The van der Waals surface area contributed by atoms with Crippen LogP contribution in [0.15, 0.2) is 17.1 Å². The smallest absolute Gasteiger partial charge is 0.262 e. The van der Waals surface area contributed by atoms with E-state index in [0.29, 0.717) is 11.0 Å². The molecule has 3 aromatic rings. The summed E-state index contributed by atoms with van der Waals surface area (Å²) in [5.41, 5.74) is -0.693. The van der Waals surface area contributed by atoms with E-state index in [0.717, 1.165) is 49.6 Å². The van der Waals surface area contributed by atoms with E-state index in [1.807, 2.05) is 0 Å². The predicted octanol–water partition coefficient (Wildman–Crippen LogP) is 4.77. The molecule has 10 heteroatoms. The van der Waals surface area contributed by atoms with E-state index >= 15 is 0 Å². The Labute approximate surface area is 186 Å². The zero-order valence-corrected chi connectivity index (χ0v) is 18.3. The standard InChI is InChI=1S/C22H22F2N4O3S/c1-31-19-16(24)15(23)9-13-17(19)28(12-7-8-12)10-14(18(13)29)20(30)25-22-27-26-21(32-22)11-5-3-2-4-6-11/h9-12H,2-8H2,1H3,(H,25,27,30). The second-order valence-electron chi connectivity index (χ2n) is 8.35. The van der Waals surface area contributed by atoms with Gasteiger partial charge in [0, 0.05) is 18.2 Å². The Morgan fingerprint density at radius 2 is 1.94 bits per heavy atom. The van der Waals surface area contributed by atoms with Crippen LogP contribution in [0.5, 0.6) is 5.75 Å². The van der Waals surface area contributed by atoms with Gasteiger partial charge in [-0.25, -0.2) is 4.39 Å². The first kappa shape index (κ1) is 21.0. The number of aromatic nitrogens is 3. The minimum atomic E-state index is -1.20. The minimum Gasteiger partial charge on any atom is -0.491 e. The number of halogens is 2. The molecule has 0 aliphatic heterocycles. The molecule has 2 aromatic heterocycles. The van der Waals surface area contributed by atoms with Crippen LogP contribution in [0.1, 0.15) is 72.3 Å². The van der Waals surface area contributed by atoms with Gasteiger partial charge in [-0.3, -0.25) is 14.9 Å². The van der Waals surface area contributed by atoms with Gasteiger partial charge in [-0.15, -0.1) is 10.2 Å². The molecule has 5 rings (SSSR count). The number of methoxy groups -OCH3 is 1. The Bertz CT molecular complexity index is 1260. The highest BCUT2D eigenvalue weighted by Crippen LogP contribution is 2.40. The van der Waals surface area contributed by atoms with Crippen molar-refractivity contribution >= 4 is 33.3 Å². The van der Waals surface area contributed by atoms with Crippen molar-refractivity contribution < 1.29 is 18.3 Å². The molecule has 0 unspecified atom stereocenters. The third-order valence-corrected chi connectivity index (χ3v) is 7.17. The van der Waals surface area contributed by atoms with E-state index in [-0.39, 0.29) is 28.3 Å². The summed E-state index contributed by atoms with van der Waals surface area (Å²) < 4.78 is 35.2. The van der Waals surface area contributed by atoms with Crippen molar-refractivity contribution in [1.29, 1.82) is 0 Å². The van der Waals surface area contributed by atoms with E-state index in [1.54, 1.807) is 4.57 Å². The normalized spacial score (nSPS) is 17.0. The van der Waals surface area contributed by atoms with Gasteiger partial charge in [-0.2, -0.15) is 4.39 Å². The fourth-order valence-corrected chi connectivity index (χ4v) is 5.29. The molecule has 0 atom stereocenters. The molecule has 0 saturated heterocycles. The van der Waals surface area contributed by atoms with Crippen molar-refractivity contribution in [3.8, 4) is 5.75 Å². The number of anilines is 1. The van der Waals surface area contributed by atoms with Gasteiger partial charge < -0.3 is 9.30 Å². The molecule has 2 aliphatic carbocycles. The quantitative estimate of drug-likeness (QED) is 0.593. The molecule has 168 valence electrons. The summed E-state index contributed by atoms with van der Waals surface area (Å²) in [6, 6.07) is 0.819. The third kappa shape index (κ3) is 3.66. The number of ether oxygens (including phenoxy) is 1. The van der Waals surface area contributed by atoms with Crippen LogP contribution in [0.4, 0.5) is 13.9 Å². The largest absolute Gasteiger partial charge is 0.491 e. The van der Waals surface area contributed by atoms with E-state index < -0.39 is 23.0 Å². The number of amides is 1. The SMILES string of the molecule is COc1c(F)c(F)cc2c(=O)c(C(=O)Nc3nnc(C4CCCCC4)s3)cn(C3CC3)c12. The molecule has 2 fully saturated rings. The molecule has 0 radical (unpaired) electrons. The van der Waals surface area contributed by atoms with Crippen LogP contribution in [0.25, 0.3) is 10.9 Å². The second-order valence-corrected chi connectivity index (χ2v) is 9.36. The topological polar surface area (TPSA) is 86.1 Å². The first-order valence-electron chi connectivity index (χ1n) is 10.7. The number of rotatable bonds is 5. The van der Waals surface area contributed by atoms with Crippen LogP contribution in [0.2, 0.25) is 0 Å². The highest BCUT2D eigenvalue weighted by Gasteiger charge is 2.30. The molecule has 32 heavy (non-hydrogen) atoms. The van der Waals surface area contributed by atoms with Gasteiger partial charge in [0.2, 0.25) is 16.4 Å². The van der Waals surface area contributed by atoms with Crippen LogP contribution in [-0.2, 0) is 0 Å². The first-order valence-corrected chi connectivity index (χ1v) is 11.5. The van der Waals surface area contributed by atoms with Crippen molar-refractivity contribution in [2.45, 2.75) is 56.9 Å². The maximum Gasteiger partial charge on any atom is 0.262 e. The van der Waals surface area contributed by atoms with Gasteiger partial charge in [-0.05, 0) is 31.7 Å². The average Bonchev–Trinajstić information content (AvgIpc) is 3.54. The van der Waals surface area contributed by atoms with E-state index in [2.05, 4.69) is 15.5 Å². The van der Waals surface area contributed by atoms with Crippen LogP contribution < -0.4 is 15.5 Å². The lowest BCUT2D eigenvalue weighted by molar-refractivity contribution is 0.102. The molecule has 2 aliphatic rings. The van der Waals surface area contributed by atoms with Gasteiger partial charge in [0.25, 0.3) is 5.91 Å². The predicted molar refractivity (Wildman–Crippen MR) is 117 cm³/mol. The Kier molecular flexibility index (Phi) is 5.40. The average molecular weight is 461 g/mol. The number of nitrogens with zero attached hydrogens (tertiary/aromatic N) is 3. The molecule has 0 spiro atoms. The highest BCUT2D eigenvalue weighted by atomic mass is 32.1. The third-order valence-electron chi connectivity index (χ3n) is 6.17. The van der Waals surface area contributed by atoms with Crippen LogP contribution in [-0.4, -0.2) is 27.8 Å². The lowest BCUT2D eigenvalue weighted by atomic mass is 9.90. The Morgan fingerprint density at radius 1 is 1.19 bits per heavy atom. The van der Waals surface area contributed by atoms with Gasteiger partial charge in [0.1, 0.15) is 10.6 Å². The molecule has 2 heterocycles. The highest BCUT2D eigenvalue weighted by molar-refractivity contribution is 7.15. The first-order chi connectivity index (χ1) is 15.5. The number of hydrogen-bond donors (Lipinski definition) is 1. The zero-order valence-electron chi connectivity index (χ0n) is 17.5. The number of nitrogens with one attached hydrogen (secondary N) is 1. The molecular formula is C22H22F2N4O3S. The number of hydrogen-bond acceptors (Lipinski definition) is 6. The number of pyridine rings is 1. The van der Waals surface area contributed by atoms with Crippen molar-refractivity contribution in [3.63, 3.8) is 0 Å². The Hall–Kier alpha value is -2.88. The van der Waals surface area contributed by atoms with Crippen LogP contribution in [0, 0.1) is 11.6 Å². The van der Waals surface area contributed by atoms with Crippen molar-refractivity contribution in [1.82, 2.24) is 14.8 Å². The number of benzene rings is 1. The molecule has 1 amide bonds. The van der Waals surface area contributed by atoms with Crippen LogP contribution in [0.3, 0.4) is 0 Å². The maximum absolute atomic E-state index is 14.3. The summed E-state index contributed by atoms with van der Waals surface area (Å²) in [5.74, 6) is -2.99. The summed E-state index contributed by atoms with van der Waals surface area (Å²) in [4.78, 5) is 26.1. The molecule has 1 N–H and O–H groups in total. The maximum atomic E-state index is 14.3. The van der Waals surface area contributed by atoms with Crippen molar-refractivity contribution in [2.24, 2.45) is 0 Å². The zero-order chi connectivity index (χ0) is 22.4. The fraction of sp³-hybridized carbons (Fsp3) is 0.455. The minimum absolute atomic E-state index is 0.0113. The number of carbonyl (C=O) groups excluding carboxylic acids is 1. The number of carbonyl (C=O) groups is 1. The molecule has 7 nitrogen and oxygen atoms in total. The summed E-state index contributed by atoms with van der Waals surface area (Å²) >= 11 is 1.31. The lowest BCUT2D eigenvalue weighted by Gasteiger charge is -2.18. The molecule has 2 saturated carbocycles. The van der Waals surface area contributed by atoms with Gasteiger partial charge in [-0.1, -0.05) is 30.6 Å². The lowest BCUT2D eigenvalue weighted by Crippen LogP contribution is -2.24. The fourth-order valence-electron chi connectivity index (χ4n) is 4.38. The monoisotopic (exact) mass is 460 g/mol. The van der Waals surface area contributed by atoms with Crippen molar-refractivity contribution in [3.05, 3.63) is 44.7 Å². The number of fused-ring (bicyclic) bond motifs is 1. The summed E-state index contributed by atoms with van der Waals surface area (Å²) in [6.07, 6.45) is 8.68. The molecule has 1 aromatic carbocycles. The van der Waals surface area contributed by atoms with E-state index in [9.17, 15) is 18.4 Å². The van der Waals surface area contributed by atoms with Gasteiger partial charge >= 0.3 is 0 Å².